The fourth-order valence-corrected chi connectivity index (χ4v) is 2.81. The molecule has 0 aliphatic heterocycles. The van der Waals surface area contributed by atoms with Crippen molar-refractivity contribution in [1.82, 2.24) is 0 Å². The molecule has 0 amide bonds. The molecule has 0 aromatic rings. The molecule has 120 valence electrons. The first-order valence-electron chi connectivity index (χ1n) is 7.50. The molecule has 0 aromatic carbocycles. The van der Waals surface area contributed by atoms with Crippen LogP contribution in [0.25, 0.3) is 0 Å². The Morgan fingerprint density at radius 1 is 0.591 bits per heavy atom. The normalized spacial score (nSPS) is 21.4. The van der Waals surface area contributed by atoms with Crippen molar-refractivity contribution in [3.05, 3.63) is 45.6 Å². The van der Waals surface area contributed by atoms with Crippen LogP contribution in [0.1, 0.15) is 69.2 Å². The van der Waals surface area contributed by atoms with E-state index in [1.165, 1.54) is 33.4 Å². The second-order valence-corrected chi connectivity index (χ2v) is 7.25. The third kappa shape index (κ3) is 5.06. The smallest absolute Gasteiger partial charge is 1.00 e. The van der Waals surface area contributed by atoms with E-state index >= 15 is 0 Å². The van der Waals surface area contributed by atoms with Crippen LogP contribution in [-0.4, -0.2) is 0 Å². The van der Waals surface area contributed by atoms with E-state index in [9.17, 15) is 0 Å². The Morgan fingerprint density at radius 3 is 0.864 bits per heavy atom. The predicted molar refractivity (Wildman–Crippen MR) is 89.2 cm³/mol. The summed E-state index contributed by atoms with van der Waals surface area (Å²) in [7, 11) is 0. The topological polar surface area (TPSA) is 0 Å². The van der Waals surface area contributed by atoms with Gasteiger partial charge in [0.2, 0.25) is 0 Å². The molecule has 0 spiro atoms. The standard InChI is InChI=1S/2C10H15.ClH.Sc/c2*1-7-6-10(4,5)9(3)8(7)2;;/h2*1-5H3;1H;/q2*-1;;+3/p-1. The molecular weight excluding hydrogens is 321 g/mol. The average molecular weight is 351 g/mol. The quantitative estimate of drug-likeness (QED) is 0.588. The minimum atomic E-state index is 0. The Morgan fingerprint density at radius 2 is 0.818 bits per heavy atom. The van der Waals surface area contributed by atoms with Gasteiger partial charge in [-0.1, -0.05) is 66.2 Å². The number of hydrogen-bond acceptors (Lipinski definition) is 0. The zero-order chi connectivity index (χ0) is 15.9. The van der Waals surface area contributed by atoms with E-state index in [1.54, 1.807) is 0 Å². The minimum Gasteiger partial charge on any atom is -1.00 e. The van der Waals surface area contributed by atoms with Gasteiger partial charge in [0, 0.05) is 0 Å². The van der Waals surface area contributed by atoms with Crippen molar-refractivity contribution in [1.29, 1.82) is 0 Å². The van der Waals surface area contributed by atoms with Gasteiger partial charge in [-0.15, -0.1) is 13.8 Å². The monoisotopic (exact) mass is 350 g/mol. The molecule has 0 bridgehead atoms. The predicted octanol–water partition coefficient (Wildman–Crippen LogP) is 3.23. The molecule has 0 heterocycles. The van der Waals surface area contributed by atoms with Crippen LogP contribution < -0.4 is 12.4 Å². The summed E-state index contributed by atoms with van der Waals surface area (Å²) < 4.78 is 0. The Hall–Kier alpha value is 0.120. The van der Waals surface area contributed by atoms with Gasteiger partial charge < -0.3 is 12.4 Å². The average Bonchev–Trinajstić information content (AvgIpc) is 2.60. The molecule has 2 aliphatic rings. The van der Waals surface area contributed by atoms with Gasteiger partial charge in [0.25, 0.3) is 0 Å². The zero-order valence-corrected chi connectivity index (χ0v) is 18.5. The molecule has 0 aromatic heterocycles. The van der Waals surface area contributed by atoms with Crippen molar-refractivity contribution in [2.45, 2.75) is 69.2 Å². The summed E-state index contributed by atoms with van der Waals surface area (Å²) in [6.07, 6.45) is 6.87. The number of rotatable bonds is 0. The molecule has 0 radical (unpaired) electrons. The fourth-order valence-electron chi connectivity index (χ4n) is 2.81. The van der Waals surface area contributed by atoms with Gasteiger partial charge in [-0.05, 0) is 0 Å². The first-order valence-corrected chi connectivity index (χ1v) is 7.50. The molecule has 2 heteroatoms. The Kier molecular flexibility index (Phi) is 9.18. The second kappa shape index (κ2) is 8.29. The maximum Gasteiger partial charge on any atom is 3.00 e. The van der Waals surface area contributed by atoms with Gasteiger partial charge in [-0.25, -0.2) is 11.1 Å². The fraction of sp³-hybridized carbons (Fsp3) is 0.600. The van der Waals surface area contributed by atoms with Crippen molar-refractivity contribution in [3.63, 3.8) is 0 Å². The molecule has 0 fully saturated rings. The molecule has 0 nitrogen and oxygen atoms in total. The van der Waals surface area contributed by atoms with Gasteiger partial charge >= 0.3 is 25.8 Å². The van der Waals surface area contributed by atoms with Crippen LogP contribution in [0, 0.1) is 23.0 Å². The SMILES string of the molecule is CC1=[C-]C(C)(C)C(C)=C1C.CC1=[C-]C(C)(C)C(C)=C1C.[Cl-].[Sc+3]. The van der Waals surface area contributed by atoms with Crippen LogP contribution >= 0.6 is 0 Å². The molecule has 2 rings (SSSR count). The first kappa shape index (κ1) is 24.4. The summed E-state index contributed by atoms with van der Waals surface area (Å²) in [5.74, 6) is 0. The van der Waals surface area contributed by atoms with Gasteiger partial charge in [0.15, 0.2) is 0 Å². The maximum atomic E-state index is 3.44. The van der Waals surface area contributed by atoms with E-state index < -0.39 is 0 Å². The van der Waals surface area contributed by atoms with Crippen molar-refractivity contribution in [2.75, 3.05) is 0 Å². The third-order valence-electron chi connectivity index (χ3n) is 5.12. The van der Waals surface area contributed by atoms with Crippen molar-refractivity contribution in [2.24, 2.45) is 10.8 Å². The Labute approximate surface area is 163 Å². The largest absolute Gasteiger partial charge is 3.00 e. The summed E-state index contributed by atoms with van der Waals surface area (Å²) in [5, 5.41) is 0. The first-order chi connectivity index (χ1) is 8.90. The van der Waals surface area contributed by atoms with Crippen LogP contribution in [0.3, 0.4) is 0 Å². The van der Waals surface area contributed by atoms with Crippen LogP contribution in [0.4, 0.5) is 0 Å². The van der Waals surface area contributed by atoms with Crippen molar-refractivity contribution in [3.8, 4) is 0 Å². The molecule has 0 unspecified atom stereocenters. The van der Waals surface area contributed by atoms with E-state index in [-0.39, 0.29) is 49.1 Å². The summed E-state index contributed by atoms with van der Waals surface area (Å²) in [4.78, 5) is 0. The van der Waals surface area contributed by atoms with Crippen LogP contribution in [-0.2, 0) is 25.8 Å². The molecule has 2 aliphatic carbocycles. The van der Waals surface area contributed by atoms with Gasteiger partial charge in [0.1, 0.15) is 0 Å². The van der Waals surface area contributed by atoms with Crippen LogP contribution in [0.15, 0.2) is 33.4 Å². The summed E-state index contributed by atoms with van der Waals surface area (Å²) in [6.45, 7) is 21.8. The number of allylic oxidation sites excluding steroid dienone is 8. The summed E-state index contributed by atoms with van der Waals surface area (Å²) >= 11 is 0. The molecular formula is C20H30ClSc. The van der Waals surface area contributed by atoms with Crippen molar-refractivity contribution >= 4 is 0 Å². The van der Waals surface area contributed by atoms with Gasteiger partial charge in [0.05, 0.1) is 0 Å². The second-order valence-electron chi connectivity index (χ2n) is 7.25. The molecule has 0 saturated carbocycles. The summed E-state index contributed by atoms with van der Waals surface area (Å²) in [6, 6.07) is 0. The molecule has 0 N–H and O–H groups in total. The zero-order valence-electron chi connectivity index (χ0n) is 16.0. The van der Waals surface area contributed by atoms with E-state index in [4.69, 9.17) is 0 Å². The molecule has 0 saturated heterocycles. The minimum absolute atomic E-state index is 0. The van der Waals surface area contributed by atoms with E-state index in [1.807, 2.05) is 0 Å². The summed E-state index contributed by atoms with van der Waals surface area (Å²) in [5.41, 5.74) is 8.79. The Bertz CT molecular complexity index is 490. The third-order valence-corrected chi connectivity index (χ3v) is 5.12. The maximum absolute atomic E-state index is 3.44. The van der Waals surface area contributed by atoms with E-state index in [2.05, 4.69) is 81.4 Å². The Balaban J connectivity index is 0. The molecule has 0 atom stereocenters. The van der Waals surface area contributed by atoms with Crippen LogP contribution in [0.5, 0.6) is 0 Å². The van der Waals surface area contributed by atoms with E-state index in [0.29, 0.717) is 0 Å². The van der Waals surface area contributed by atoms with Gasteiger partial charge in [-0.2, -0.15) is 22.3 Å². The van der Waals surface area contributed by atoms with E-state index in [0.717, 1.165) is 0 Å². The molecule has 22 heavy (non-hydrogen) atoms. The van der Waals surface area contributed by atoms with Crippen molar-refractivity contribution < 1.29 is 38.3 Å². The van der Waals surface area contributed by atoms with Gasteiger partial charge in [-0.3, -0.25) is 12.2 Å². The number of hydrogen-bond donors (Lipinski definition) is 0. The number of halogens is 1. The van der Waals surface area contributed by atoms with Crippen LogP contribution in [0.2, 0.25) is 0 Å².